The predicted molar refractivity (Wildman–Crippen MR) is 99.0 cm³/mol. The molecule has 0 saturated carbocycles. The molecule has 27 heavy (non-hydrogen) atoms. The Labute approximate surface area is 156 Å². The summed E-state index contributed by atoms with van der Waals surface area (Å²) in [6, 6.07) is 4.04. The number of benzene rings is 1. The van der Waals surface area contributed by atoms with Gasteiger partial charge in [0.1, 0.15) is 5.69 Å². The number of nitrogens with zero attached hydrogens (tertiary/aromatic N) is 5. The van der Waals surface area contributed by atoms with E-state index in [1.807, 2.05) is 19.0 Å². The molecule has 1 aromatic heterocycles. The fourth-order valence-corrected chi connectivity index (χ4v) is 3.73. The molecule has 0 atom stereocenters. The van der Waals surface area contributed by atoms with Crippen molar-refractivity contribution in [2.24, 2.45) is 0 Å². The number of hydrogen-bond acceptors (Lipinski definition) is 9. The molecule has 0 N–H and O–H groups in total. The molecular weight excluding hydrogens is 374 g/mol. The van der Waals surface area contributed by atoms with Crippen LogP contribution in [0.25, 0.3) is 0 Å². The minimum atomic E-state index is -3.51. The summed E-state index contributed by atoms with van der Waals surface area (Å²) in [5, 5.41) is 15.4. The Morgan fingerprint density at radius 3 is 2.48 bits per heavy atom. The Bertz CT molecular complexity index is 948. The normalized spacial score (nSPS) is 15.7. The SMILES string of the molecule is CN(C)c1noc(C2CCN(c3ccc(S(C)(=O)=O)cc3[N+](=O)[O-])CC2)n1. The van der Waals surface area contributed by atoms with Gasteiger partial charge in [0.2, 0.25) is 5.89 Å². The van der Waals surface area contributed by atoms with Crippen LogP contribution in [0.1, 0.15) is 24.7 Å². The molecule has 0 aliphatic carbocycles. The maximum atomic E-state index is 11.7. The fourth-order valence-electron chi connectivity index (χ4n) is 3.09. The van der Waals surface area contributed by atoms with Crippen LogP contribution in [0.15, 0.2) is 27.6 Å². The lowest BCUT2D eigenvalue weighted by atomic mass is 9.96. The highest BCUT2D eigenvalue weighted by molar-refractivity contribution is 7.90. The molecule has 1 aliphatic heterocycles. The van der Waals surface area contributed by atoms with E-state index < -0.39 is 14.8 Å². The first-order valence-corrected chi connectivity index (χ1v) is 10.3. The van der Waals surface area contributed by atoms with E-state index >= 15 is 0 Å². The van der Waals surface area contributed by atoms with Crippen LogP contribution in [0.3, 0.4) is 0 Å². The Balaban J connectivity index is 1.78. The van der Waals surface area contributed by atoms with Gasteiger partial charge in [-0.05, 0) is 30.1 Å². The van der Waals surface area contributed by atoms with Crippen molar-refractivity contribution in [1.29, 1.82) is 0 Å². The topological polar surface area (TPSA) is 123 Å². The van der Waals surface area contributed by atoms with Crippen molar-refractivity contribution in [1.82, 2.24) is 10.1 Å². The first-order valence-electron chi connectivity index (χ1n) is 8.41. The monoisotopic (exact) mass is 395 g/mol. The zero-order valence-corrected chi connectivity index (χ0v) is 16.1. The summed E-state index contributed by atoms with van der Waals surface area (Å²) >= 11 is 0. The molecule has 10 nitrogen and oxygen atoms in total. The molecule has 146 valence electrons. The third-order valence-corrected chi connectivity index (χ3v) is 5.70. The summed E-state index contributed by atoms with van der Waals surface area (Å²) in [7, 11) is 0.149. The largest absolute Gasteiger partial charge is 0.366 e. The molecule has 1 fully saturated rings. The lowest BCUT2D eigenvalue weighted by molar-refractivity contribution is -0.384. The molecule has 2 aromatic rings. The highest BCUT2D eigenvalue weighted by Gasteiger charge is 2.29. The average molecular weight is 395 g/mol. The van der Waals surface area contributed by atoms with Crippen LogP contribution in [0.2, 0.25) is 0 Å². The van der Waals surface area contributed by atoms with Crippen LogP contribution in [-0.4, -0.2) is 56.9 Å². The van der Waals surface area contributed by atoms with Crippen molar-refractivity contribution in [2.75, 3.05) is 43.2 Å². The Morgan fingerprint density at radius 1 is 1.30 bits per heavy atom. The van der Waals surface area contributed by atoms with Gasteiger partial charge in [0, 0.05) is 45.4 Å². The quantitative estimate of drug-likeness (QED) is 0.551. The molecule has 1 aliphatic rings. The first-order chi connectivity index (χ1) is 12.7. The van der Waals surface area contributed by atoms with E-state index in [1.165, 1.54) is 12.1 Å². The van der Waals surface area contributed by atoms with E-state index in [0.717, 1.165) is 12.3 Å². The van der Waals surface area contributed by atoms with Gasteiger partial charge in [-0.1, -0.05) is 0 Å². The van der Waals surface area contributed by atoms with Gasteiger partial charge < -0.3 is 14.3 Å². The summed E-state index contributed by atoms with van der Waals surface area (Å²) in [4.78, 5) is 18.9. The third-order valence-electron chi connectivity index (χ3n) is 4.59. The predicted octanol–water partition coefficient (Wildman–Crippen LogP) is 1.83. The second-order valence-corrected chi connectivity index (χ2v) is 8.78. The number of anilines is 2. The van der Waals surface area contributed by atoms with Gasteiger partial charge in [0.25, 0.3) is 11.6 Å². The van der Waals surface area contributed by atoms with E-state index in [1.54, 1.807) is 4.90 Å². The highest BCUT2D eigenvalue weighted by atomic mass is 32.2. The maximum Gasteiger partial charge on any atom is 0.293 e. The van der Waals surface area contributed by atoms with E-state index in [-0.39, 0.29) is 16.5 Å². The van der Waals surface area contributed by atoms with Gasteiger partial charge in [0.15, 0.2) is 9.84 Å². The van der Waals surface area contributed by atoms with Crippen molar-refractivity contribution >= 4 is 27.2 Å². The van der Waals surface area contributed by atoms with Gasteiger partial charge >= 0.3 is 0 Å². The first kappa shape index (κ1) is 19.1. The summed E-state index contributed by atoms with van der Waals surface area (Å²) in [5.41, 5.74) is 0.217. The summed E-state index contributed by atoms with van der Waals surface area (Å²) < 4.78 is 28.7. The van der Waals surface area contributed by atoms with Crippen LogP contribution < -0.4 is 9.80 Å². The minimum Gasteiger partial charge on any atom is -0.366 e. The number of aromatic nitrogens is 2. The molecule has 1 saturated heterocycles. The molecule has 0 radical (unpaired) electrons. The number of piperidine rings is 1. The second kappa shape index (κ2) is 7.14. The van der Waals surface area contributed by atoms with Gasteiger partial charge in [-0.15, -0.1) is 0 Å². The van der Waals surface area contributed by atoms with Crippen molar-refractivity contribution in [3.8, 4) is 0 Å². The Hall–Kier alpha value is -2.69. The standard InChI is InChI=1S/C16H21N5O5S/c1-19(2)16-17-15(26-18-16)11-6-8-20(9-7-11)13-5-4-12(27(3,24)25)10-14(13)21(22)23/h4-5,10-11H,6-9H2,1-3H3. The van der Waals surface area contributed by atoms with Gasteiger partial charge in [0.05, 0.1) is 9.82 Å². The third kappa shape index (κ3) is 4.02. The molecule has 0 amide bonds. The summed E-state index contributed by atoms with van der Waals surface area (Å²) in [5.74, 6) is 1.18. The minimum absolute atomic E-state index is 0.0603. The van der Waals surface area contributed by atoms with Gasteiger partial charge in [-0.25, -0.2) is 8.42 Å². The van der Waals surface area contributed by atoms with Gasteiger partial charge in [-0.2, -0.15) is 4.98 Å². The van der Waals surface area contributed by atoms with E-state index in [0.29, 0.717) is 43.5 Å². The molecular formula is C16H21N5O5S. The van der Waals surface area contributed by atoms with Crippen LogP contribution in [-0.2, 0) is 9.84 Å². The number of nitro groups is 1. The van der Waals surface area contributed by atoms with E-state index in [2.05, 4.69) is 10.1 Å². The molecule has 3 rings (SSSR count). The van der Waals surface area contributed by atoms with Crippen LogP contribution >= 0.6 is 0 Å². The number of hydrogen-bond donors (Lipinski definition) is 0. The zero-order valence-electron chi connectivity index (χ0n) is 15.3. The molecule has 11 heteroatoms. The molecule has 0 unspecified atom stereocenters. The van der Waals surface area contributed by atoms with Crippen LogP contribution in [0.5, 0.6) is 0 Å². The summed E-state index contributed by atoms with van der Waals surface area (Å²) in [6.45, 7) is 1.15. The van der Waals surface area contributed by atoms with Crippen molar-refractivity contribution in [3.63, 3.8) is 0 Å². The maximum absolute atomic E-state index is 11.7. The van der Waals surface area contributed by atoms with Crippen molar-refractivity contribution in [2.45, 2.75) is 23.7 Å². The fraction of sp³-hybridized carbons (Fsp3) is 0.500. The lowest BCUT2D eigenvalue weighted by Crippen LogP contribution is -2.33. The molecule has 0 spiro atoms. The number of rotatable bonds is 5. The van der Waals surface area contributed by atoms with Crippen LogP contribution in [0.4, 0.5) is 17.3 Å². The zero-order chi connectivity index (χ0) is 19.8. The molecule has 2 heterocycles. The highest BCUT2D eigenvalue weighted by Crippen LogP contribution is 2.35. The van der Waals surface area contributed by atoms with Gasteiger partial charge in [-0.3, -0.25) is 10.1 Å². The second-order valence-electron chi connectivity index (χ2n) is 6.77. The van der Waals surface area contributed by atoms with E-state index in [9.17, 15) is 18.5 Å². The van der Waals surface area contributed by atoms with Crippen molar-refractivity contribution in [3.05, 3.63) is 34.2 Å². The van der Waals surface area contributed by atoms with Crippen LogP contribution in [0, 0.1) is 10.1 Å². The van der Waals surface area contributed by atoms with E-state index in [4.69, 9.17) is 4.52 Å². The number of nitro benzene ring substituents is 1. The smallest absolute Gasteiger partial charge is 0.293 e. The lowest BCUT2D eigenvalue weighted by Gasteiger charge is -2.31. The number of sulfone groups is 1. The molecule has 0 bridgehead atoms. The Morgan fingerprint density at radius 2 is 1.96 bits per heavy atom. The summed E-state index contributed by atoms with van der Waals surface area (Å²) in [6.07, 6.45) is 2.45. The molecule has 1 aromatic carbocycles. The van der Waals surface area contributed by atoms with Crippen molar-refractivity contribution < 1.29 is 17.9 Å². The Kier molecular flexibility index (Phi) is 5.05. The average Bonchev–Trinajstić information content (AvgIpc) is 3.11.